The minimum Gasteiger partial charge on any atom is -0.496 e. The lowest BCUT2D eigenvalue weighted by atomic mass is 10.1. The van der Waals surface area contributed by atoms with E-state index in [9.17, 15) is 18.8 Å². The zero-order valence-corrected chi connectivity index (χ0v) is 14.3. The fourth-order valence-electron chi connectivity index (χ4n) is 2.22. The van der Waals surface area contributed by atoms with Crippen molar-refractivity contribution in [2.75, 3.05) is 13.7 Å². The highest BCUT2D eigenvalue weighted by Crippen LogP contribution is 2.16. The van der Waals surface area contributed by atoms with Crippen molar-refractivity contribution < 1.29 is 28.2 Å². The molecule has 0 saturated carbocycles. The van der Waals surface area contributed by atoms with E-state index in [2.05, 4.69) is 5.32 Å². The lowest BCUT2D eigenvalue weighted by Crippen LogP contribution is -2.34. The van der Waals surface area contributed by atoms with Gasteiger partial charge in [-0.2, -0.15) is 0 Å². The predicted octanol–water partition coefficient (Wildman–Crippen LogP) is 2.38. The van der Waals surface area contributed by atoms with Gasteiger partial charge in [-0.3, -0.25) is 14.4 Å². The monoisotopic (exact) mass is 359 g/mol. The number of hydrogen-bond acceptors (Lipinski definition) is 5. The number of Topliss-reactive ketones (excluding diaryl/α,β-unsaturated/α-hetero) is 1. The summed E-state index contributed by atoms with van der Waals surface area (Å²) in [6.07, 6.45) is -1.06. The molecule has 0 radical (unpaired) electrons. The van der Waals surface area contributed by atoms with Gasteiger partial charge in [0.25, 0.3) is 5.91 Å². The first-order valence-electron chi connectivity index (χ1n) is 7.83. The predicted molar refractivity (Wildman–Crippen MR) is 91.6 cm³/mol. The van der Waals surface area contributed by atoms with Crippen molar-refractivity contribution in [1.29, 1.82) is 0 Å². The first kappa shape index (κ1) is 19.1. The Kier molecular flexibility index (Phi) is 6.43. The van der Waals surface area contributed by atoms with Crippen molar-refractivity contribution in [2.45, 2.75) is 13.0 Å². The summed E-state index contributed by atoms with van der Waals surface area (Å²) in [6, 6.07) is 11.5. The zero-order chi connectivity index (χ0) is 19.1. The van der Waals surface area contributed by atoms with E-state index in [-0.39, 0.29) is 11.1 Å². The largest absolute Gasteiger partial charge is 0.496 e. The van der Waals surface area contributed by atoms with Gasteiger partial charge in [0.15, 0.2) is 6.10 Å². The van der Waals surface area contributed by atoms with Gasteiger partial charge in [0, 0.05) is 5.56 Å². The van der Waals surface area contributed by atoms with E-state index < -0.39 is 36.1 Å². The van der Waals surface area contributed by atoms with Crippen molar-refractivity contribution in [3.05, 3.63) is 65.5 Å². The zero-order valence-electron chi connectivity index (χ0n) is 14.3. The van der Waals surface area contributed by atoms with Crippen LogP contribution in [0, 0.1) is 5.82 Å². The molecule has 2 aromatic carbocycles. The Labute approximate surface area is 149 Å². The van der Waals surface area contributed by atoms with E-state index in [0.29, 0.717) is 5.75 Å². The Hall–Kier alpha value is -3.22. The molecule has 2 rings (SSSR count). The normalized spacial score (nSPS) is 11.3. The molecule has 1 amide bonds. The van der Waals surface area contributed by atoms with E-state index in [1.807, 2.05) is 0 Å². The molecular formula is C19H18FNO5. The highest BCUT2D eigenvalue weighted by molar-refractivity contribution is 6.01. The highest BCUT2D eigenvalue weighted by atomic mass is 19.1. The standard InChI is InChI=1S/C19H18FNO5/c1-12(18(23)13-7-9-14(20)10-8-13)26-17(22)11-21-19(24)15-5-3-4-6-16(15)25-2/h3-10,12H,11H2,1-2H3,(H,21,24)/t12-/m1/s1. The number of ether oxygens (including phenoxy) is 2. The number of nitrogens with one attached hydrogen (secondary N) is 1. The Morgan fingerprint density at radius 3 is 2.38 bits per heavy atom. The quantitative estimate of drug-likeness (QED) is 0.606. The van der Waals surface area contributed by atoms with Crippen molar-refractivity contribution in [3.63, 3.8) is 0 Å². The minimum atomic E-state index is -1.06. The Morgan fingerprint density at radius 1 is 1.08 bits per heavy atom. The van der Waals surface area contributed by atoms with Gasteiger partial charge in [0.05, 0.1) is 12.7 Å². The van der Waals surface area contributed by atoms with Crippen LogP contribution in [0.15, 0.2) is 48.5 Å². The van der Waals surface area contributed by atoms with Crippen molar-refractivity contribution >= 4 is 17.7 Å². The molecule has 0 saturated heterocycles. The molecule has 0 spiro atoms. The number of esters is 1. The molecular weight excluding hydrogens is 341 g/mol. The van der Waals surface area contributed by atoms with Crippen molar-refractivity contribution in [1.82, 2.24) is 5.32 Å². The van der Waals surface area contributed by atoms with E-state index in [1.54, 1.807) is 24.3 Å². The first-order valence-corrected chi connectivity index (χ1v) is 7.83. The first-order chi connectivity index (χ1) is 12.4. The summed E-state index contributed by atoms with van der Waals surface area (Å²) in [5.74, 6) is -1.83. The fraction of sp³-hybridized carbons (Fsp3) is 0.211. The molecule has 7 heteroatoms. The van der Waals surface area contributed by atoms with Crippen molar-refractivity contribution in [3.8, 4) is 5.75 Å². The Morgan fingerprint density at radius 2 is 1.73 bits per heavy atom. The third-order valence-electron chi connectivity index (χ3n) is 3.55. The molecule has 6 nitrogen and oxygen atoms in total. The summed E-state index contributed by atoms with van der Waals surface area (Å²) in [5.41, 5.74) is 0.503. The molecule has 2 aromatic rings. The molecule has 0 bridgehead atoms. The van der Waals surface area contributed by atoms with Crippen molar-refractivity contribution in [2.24, 2.45) is 0 Å². The van der Waals surface area contributed by atoms with E-state index in [0.717, 1.165) is 12.1 Å². The summed E-state index contributed by atoms with van der Waals surface area (Å²) in [4.78, 5) is 36.1. The second-order valence-electron chi connectivity index (χ2n) is 5.39. The molecule has 136 valence electrons. The number of amides is 1. The van der Waals surface area contributed by atoms with Crippen LogP contribution in [-0.4, -0.2) is 37.4 Å². The number of methoxy groups -OCH3 is 1. The van der Waals surface area contributed by atoms with Gasteiger partial charge < -0.3 is 14.8 Å². The molecule has 0 unspecified atom stereocenters. The molecule has 26 heavy (non-hydrogen) atoms. The maximum absolute atomic E-state index is 12.9. The molecule has 1 N–H and O–H groups in total. The van der Waals surface area contributed by atoms with E-state index in [4.69, 9.17) is 9.47 Å². The van der Waals surface area contributed by atoms with Crippen LogP contribution in [0.4, 0.5) is 4.39 Å². The number of hydrogen-bond donors (Lipinski definition) is 1. The van der Waals surface area contributed by atoms with Gasteiger partial charge in [-0.25, -0.2) is 4.39 Å². The highest BCUT2D eigenvalue weighted by Gasteiger charge is 2.20. The van der Waals surface area contributed by atoms with Crippen LogP contribution < -0.4 is 10.1 Å². The SMILES string of the molecule is COc1ccccc1C(=O)NCC(=O)O[C@H](C)C(=O)c1ccc(F)cc1. The van der Waals surface area contributed by atoms with Crippen LogP contribution in [-0.2, 0) is 9.53 Å². The lowest BCUT2D eigenvalue weighted by Gasteiger charge is -2.13. The van der Waals surface area contributed by atoms with Crippen LogP contribution in [0.2, 0.25) is 0 Å². The van der Waals surface area contributed by atoms with Gasteiger partial charge in [-0.05, 0) is 43.3 Å². The molecule has 0 aliphatic heterocycles. The van der Waals surface area contributed by atoms with Crippen LogP contribution in [0.5, 0.6) is 5.75 Å². The third-order valence-corrected chi connectivity index (χ3v) is 3.55. The number of benzene rings is 2. The maximum atomic E-state index is 12.9. The number of carbonyl (C=O) groups is 3. The average Bonchev–Trinajstić information content (AvgIpc) is 2.66. The number of carbonyl (C=O) groups excluding carboxylic acids is 3. The number of rotatable bonds is 7. The van der Waals surface area contributed by atoms with Gasteiger partial charge in [0.1, 0.15) is 18.1 Å². The fourth-order valence-corrected chi connectivity index (χ4v) is 2.22. The molecule has 0 aromatic heterocycles. The minimum absolute atomic E-state index is 0.227. The Bertz CT molecular complexity index is 804. The Balaban J connectivity index is 1.89. The molecule has 0 heterocycles. The molecule has 1 atom stereocenters. The van der Waals surface area contributed by atoms with Gasteiger partial charge >= 0.3 is 5.97 Å². The van der Waals surface area contributed by atoms with Crippen LogP contribution in [0.1, 0.15) is 27.6 Å². The number of halogens is 1. The van der Waals surface area contributed by atoms with E-state index >= 15 is 0 Å². The second kappa shape index (κ2) is 8.75. The molecule has 0 aliphatic carbocycles. The second-order valence-corrected chi connectivity index (χ2v) is 5.39. The summed E-state index contributed by atoms with van der Waals surface area (Å²) >= 11 is 0. The summed E-state index contributed by atoms with van der Waals surface area (Å²) in [6.45, 7) is 1.00. The summed E-state index contributed by atoms with van der Waals surface area (Å²) < 4.78 is 23.0. The average molecular weight is 359 g/mol. The molecule has 0 fully saturated rings. The summed E-state index contributed by atoms with van der Waals surface area (Å²) in [7, 11) is 1.43. The van der Waals surface area contributed by atoms with Gasteiger partial charge in [-0.15, -0.1) is 0 Å². The van der Waals surface area contributed by atoms with Gasteiger partial charge in [0.2, 0.25) is 5.78 Å². The van der Waals surface area contributed by atoms with Crippen LogP contribution >= 0.6 is 0 Å². The number of para-hydroxylation sites is 1. The number of ketones is 1. The smallest absolute Gasteiger partial charge is 0.326 e. The van der Waals surface area contributed by atoms with Gasteiger partial charge in [-0.1, -0.05) is 12.1 Å². The lowest BCUT2D eigenvalue weighted by molar-refractivity contribution is -0.145. The topological polar surface area (TPSA) is 81.7 Å². The summed E-state index contributed by atoms with van der Waals surface area (Å²) in [5, 5.41) is 2.41. The van der Waals surface area contributed by atoms with E-state index in [1.165, 1.54) is 26.2 Å². The van der Waals surface area contributed by atoms with Crippen LogP contribution in [0.3, 0.4) is 0 Å². The molecule has 0 aliphatic rings. The van der Waals surface area contributed by atoms with Crippen LogP contribution in [0.25, 0.3) is 0 Å². The third kappa shape index (κ3) is 4.89. The maximum Gasteiger partial charge on any atom is 0.326 e.